The van der Waals surface area contributed by atoms with E-state index in [1.165, 1.54) is 0 Å². The lowest BCUT2D eigenvalue weighted by molar-refractivity contribution is 0.243. The van der Waals surface area contributed by atoms with Crippen LogP contribution >= 0.6 is 11.6 Å². The first kappa shape index (κ1) is 22.0. The quantitative estimate of drug-likeness (QED) is 0.397. The summed E-state index contributed by atoms with van der Waals surface area (Å²) in [4.78, 5) is 24.2. The molecule has 4 heterocycles. The van der Waals surface area contributed by atoms with Crippen LogP contribution in [-0.2, 0) is 0 Å². The third-order valence-electron chi connectivity index (χ3n) is 6.05. The van der Waals surface area contributed by atoms with Crippen LogP contribution in [0.1, 0.15) is 18.0 Å². The summed E-state index contributed by atoms with van der Waals surface area (Å²) < 4.78 is 5.27. The normalized spacial score (nSPS) is 18.0. The minimum atomic E-state index is -0.264. The molecule has 2 amide bonds. The molecular weight excluding hydrogens is 454 g/mol. The maximum atomic E-state index is 12.8. The molecule has 0 bridgehead atoms. The zero-order valence-electron chi connectivity index (χ0n) is 18.5. The topological polar surface area (TPSA) is 108 Å². The monoisotopic (exact) mass is 477 g/mol. The molecule has 0 spiro atoms. The number of rotatable bonds is 5. The molecule has 1 aliphatic rings. The van der Waals surface area contributed by atoms with Gasteiger partial charge in [-0.05, 0) is 48.9 Å². The third kappa shape index (κ3) is 4.74. The summed E-state index contributed by atoms with van der Waals surface area (Å²) in [6.07, 6.45) is 6.01. The van der Waals surface area contributed by atoms with Crippen LogP contribution in [0.2, 0.25) is 5.02 Å². The molecule has 1 aromatic carbocycles. The molecule has 1 aliphatic heterocycles. The molecule has 5 rings (SSSR count). The fourth-order valence-electron chi connectivity index (χ4n) is 4.25. The number of aromatic amines is 1. The summed E-state index contributed by atoms with van der Waals surface area (Å²) in [6, 6.07) is 12.5. The molecule has 34 heavy (non-hydrogen) atoms. The third-order valence-corrected chi connectivity index (χ3v) is 6.30. The predicted molar refractivity (Wildman–Crippen MR) is 132 cm³/mol. The van der Waals surface area contributed by atoms with Gasteiger partial charge in [0.25, 0.3) is 0 Å². The number of hydrogen-bond donors (Lipinski definition) is 3. The van der Waals surface area contributed by atoms with Crippen LogP contribution in [0.4, 0.5) is 16.2 Å². The van der Waals surface area contributed by atoms with E-state index < -0.39 is 0 Å². The van der Waals surface area contributed by atoms with Crippen molar-refractivity contribution in [1.29, 1.82) is 0 Å². The molecule has 9 nitrogen and oxygen atoms in total. The number of carbonyl (C=O) groups excluding carboxylic acids is 1. The van der Waals surface area contributed by atoms with Gasteiger partial charge in [0.15, 0.2) is 0 Å². The van der Waals surface area contributed by atoms with Crippen molar-refractivity contribution in [1.82, 2.24) is 25.5 Å². The highest BCUT2D eigenvalue weighted by Crippen LogP contribution is 2.31. The Hall–Kier alpha value is -3.85. The molecule has 10 heteroatoms. The van der Waals surface area contributed by atoms with E-state index >= 15 is 0 Å². The number of aromatic nitrogens is 4. The summed E-state index contributed by atoms with van der Waals surface area (Å²) in [5.41, 5.74) is 4.28. The van der Waals surface area contributed by atoms with Crippen molar-refractivity contribution in [2.24, 2.45) is 0 Å². The first-order chi connectivity index (χ1) is 16.6. The first-order valence-corrected chi connectivity index (χ1v) is 11.3. The van der Waals surface area contributed by atoms with Crippen molar-refractivity contribution in [2.45, 2.75) is 18.4 Å². The van der Waals surface area contributed by atoms with E-state index in [9.17, 15) is 4.79 Å². The van der Waals surface area contributed by atoms with E-state index in [1.807, 2.05) is 18.3 Å². The largest absolute Gasteiger partial charge is 0.495 e. The molecule has 0 radical (unpaired) electrons. The number of nitrogens with one attached hydrogen (secondary N) is 3. The number of fused-ring (bicyclic) bond motifs is 1. The van der Waals surface area contributed by atoms with Gasteiger partial charge < -0.3 is 20.3 Å². The fraction of sp³-hybridized carbons (Fsp3) is 0.250. The van der Waals surface area contributed by atoms with Crippen LogP contribution in [0.3, 0.4) is 0 Å². The smallest absolute Gasteiger partial charge is 0.319 e. The van der Waals surface area contributed by atoms with Crippen molar-refractivity contribution < 1.29 is 9.53 Å². The van der Waals surface area contributed by atoms with E-state index in [0.29, 0.717) is 23.0 Å². The Balaban J connectivity index is 1.36. The highest BCUT2D eigenvalue weighted by Gasteiger charge is 2.33. The standard InChI is InChI=1S/C24H24ClN7O2/c1-34-18-6-7-20(27-12-18)19-14-32(17-10-22-23(26-11-17)13-28-31-22)9-8-21(19)30-24(33)29-16-4-2-15(25)3-5-16/h2-7,10-13,19,21H,8-9,14H2,1H3,(H,28,31)(H2,29,30,33)/t19-,21+/m0/s1. The summed E-state index contributed by atoms with van der Waals surface area (Å²) >= 11 is 5.94. The maximum absolute atomic E-state index is 12.8. The van der Waals surface area contributed by atoms with Crippen LogP contribution in [-0.4, -0.2) is 52.4 Å². The highest BCUT2D eigenvalue weighted by molar-refractivity contribution is 6.30. The summed E-state index contributed by atoms with van der Waals surface area (Å²) in [7, 11) is 1.61. The first-order valence-electron chi connectivity index (χ1n) is 11.0. The Morgan fingerprint density at radius 1 is 1.15 bits per heavy atom. The number of urea groups is 1. The van der Waals surface area contributed by atoms with Gasteiger partial charge in [0.1, 0.15) is 11.3 Å². The van der Waals surface area contributed by atoms with Crippen molar-refractivity contribution >= 4 is 40.0 Å². The molecular formula is C24H24ClN7O2. The Labute approximate surface area is 201 Å². The van der Waals surface area contributed by atoms with Gasteiger partial charge in [-0.3, -0.25) is 15.1 Å². The van der Waals surface area contributed by atoms with Crippen molar-refractivity contribution in [3.63, 3.8) is 0 Å². The van der Waals surface area contributed by atoms with Gasteiger partial charge in [0.05, 0.1) is 36.9 Å². The fourth-order valence-corrected chi connectivity index (χ4v) is 4.38. The Kier molecular flexibility index (Phi) is 6.18. The number of nitrogens with zero attached hydrogens (tertiary/aromatic N) is 4. The molecule has 1 fully saturated rings. The molecule has 2 atom stereocenters. The lowest BCUT2D eigenvalue weighted by Crippen LogP contribution is -2.51. The van der Waals surface area contributed by atoms with E-state index in [-0.39, 0.29) is 18.0 Å². The summed E-state index contributed by atoms with van der Waals surface area (Å²) in [6.45, 7) is 1.44. The molecule has 0 unspecified atom stereocenters. The van der Waals surface area contributed by atoms with Gasteiger partial charge in [-0.2, -0.15) is 5.10 Å². The molecule has 1 saturated heterocycles. The van der Waals surface area contributed by atoms with E-state index in [1.54, 1.807) is 43.8 Å². The number of hydrogen-bond acceptors (Lipinski definition) is 6. The highest BCUT2D eigenvalue weighted by atomic mass is 35.5. The number of H-pyrrole nitrogens is 1. The van der Waals surface area contributed by atoms with Gasteiger partial charge >= 0.3 is 6.03 Å². The Bertz CT molecular complexity index is 1280. The second-order valence-corrected chi connectivity index (χ2v) is 8.61. The number of amides is 2. The van der Waals surface area contributed by atoms with Crippen LogP contribution in [0.5, 0.6) is 5.75 Å². The van der Waals surface area contributed by atoms with Crippen molar-refractivity contribution in [2.75, 3.05) is 30.4 Å². The van der Waals surface area contributed by atoms with Gasteiger partial charge in [-0.15, -0.1) is 0 Å². The molecule has 0 aliphatic carbocycles. The number of anilines is 2. The lowest BCUT2D eigenvalue weighted by Gasteiger charge is -2.39. The minimum Gasteiger partial charge on any atom is -0.495 e. The van der Waals surface area contributed by atoms with E-state index in [2.05, 4.69) is 41.8 Å². The number of pyridine rings is 2. The van der Waals surface area contributed by atoms with E-state index in [4.69, 9.17) is 16.3 Å². The van der Waals surface area contributed by atoms with Crippen molar-refractivity contribution in [3.8, 4) is 5.75 Å². The summed E-state index contributed by atoms with van der Waals surface area (Å²) in [5.74, 6) is 0.656. The number of halogens is 1. The lowest BCUT2D eigenvalue weighted by atomic mass is 9.88. The number of methoxy groups -OCH3 is 1. The SMILES string of the molecule is COc1ccc([C@@H]2CN(c3cnc4cn[nH]c4c3)CC[C@H]2NC(=O)Nc2ccc(Cl)cc2)nc1. The second kappa shape index (κ2) is 9.56. The average Bonchev–Trinajstić information content (AvgIpc) is 3.34. The van der Waals surface area contributed by atoms with Crippen LogP contribution in [0.25, 0.3) is 11.0 Å². The molecule has 4 aromatic rings. The Morgan fingerprint density at radius 2 is 2.00 bits per heavy atom. The van der Waals surface area contributed by atoms with Crippen LogP contribution in [0, 0.1) is 0 Å². The average molecular weight is 478 g/mol. The van der Waals surface area contributed by atoms with Gasteiger partial charge in [-0.1, -0.05) is 11.6 Å². The van der Waals surface area contributed by atoms with Crippen LogP contribution in [0.15, 0.2) is 61.1 Å². The number of benzene rings is 1. The molecule has 0 saturated carbocycles. The van der Waals surface area contributed by atoms with Gasteiger partial charge in [0.2, 0.25) is 0 Å². The molecule has 3 N–H and O–H groups in total. The number of piperidine rings is 1. The van der Waals surface area contributed by atoms with Gasteiger partial charge in [0, 0.05) is 41.5 Å². The number of ether oxygens (including phenoxy) is 1. The van der Waals surface area contributed by atoms with E-state index in [0.717, 1.165) is 35.4 Å². The molecule has 3 aromatic heterocycles. The summed E-state index contributed by atoms with van der Waals surface area (Å²) in [5, 5.41) is 13.7. The van der Waals surface area contributed by atoms with Crippen molar-refractivity contribution in [3.05, 3.63) is 71.8 Å². The minimum absolute atomic E-state index is 0.0342. The van der Waals surface area contributed by atoms with Crippen LogP contribution < -0.4 is 20.3 Å². The maximum Gasteiger partial charge on any atom is 0.319 e. The second-order valence-electron chi connectivity index (χ2n) is 8.17. The molecule has 174 valence electrons. The predicted octanol–water partition coefficient (Wildman–Crippen LogP) is 4.20. The Morgan fingerprint density at radius 3 is 2.76 bits per heavy atom. The zero-order valence-corrected chi connectivity index (χ0v) is 19.3. The van der Waals surface area contributed by atoms with Gasteiger partial charge in [-0.25, -0.2) is 4.79 Å². The zero-order chi connectivity index (χ0) is 23.5. The number of carbonyl (C=O) groups is 1.